The molecule has 104 valence electrons. The first-order valence-electron chi connectivity index (χ1n) is 6.26. The van der Waals surface area contributed by atoms with Gasteiger partial charge in [0.15, 0.2) is 5.84 Å². The van der Waals surface area contributed by atoms with Crippen LogP contribution in [0.15, 0.2) is 29.4 Å². The number of amides is 2. The van der Waals surface area contributed by atoms with Crippen molar-refractivity contribution in [2.45, 2.75) is 26.3 Å². The van der Waals surface area contributed by atoms with E-state index in [0.29, 0.717) is 18.7 Å². The molecule has 0 heterocycles. The third kappa shape index (κ3) is 5.29. The van der Waals surface area contributed by atoms with Gasteiger partial charge in [0.1, 0.15) is 0 Å². The average molecular weight is 264 g/mol. The number of carbonyl (C=O) groups excluding carboxylic acids is 1. The van der Waals surface area contributed by atoms with Crippen LogP contribution in [0.25, 0.3) is 0 Å². The third-order valence-electron chi connectivity index (χ3n) is 2.63. The standard InChI is InChI=1S/C13H20N4O2/c1-2-3-8-15-13(18)16-9-10-4-6-11(7-5-10)12(14)17-19/h4-7,19H,2-3,8-9H2,1H3,(H2,14,17)(H2,15,16,18). The fraction of sp³-hybridized carbons (Fsp3) is 0.385. The quantitative estimate of drug-likeness (QED) is 0.205. The molecule has 0 saturated heterocycles. The summed E-state index contributed by atoms with van der Waals surface area (Å²) in [5.74, 6) is 0.0665. The maximum atomic E-state index is 11.4. The van der Waals surface area contributed by atoms with Gasteiger partial charge >= 0.3 is 6.03 Å². The molecule has 0 radical (unpaired) electrons. The van der Waals surface area contributed by atoms with E-state index in [0.717, 1.165) is 18.4 Å². The molecule has 0 atom stereocenters. The number of hydrogen-bond donors (Lipinski definition) is 4. The molecule has 5 N–H and O–H groups in total. The molecule has 0 unspecified atom stereocenters. The summed E-state index contributed by atoms with van der Waals surface area (Å²) >= 11 is 0. The van der Waals surface area contributed by atoms with Gasteiger partial charge in [-0.15, -0.1) is 0 Å². The summed E-state index contributed by atoms with van der Waals surface area (Å²) in [7, 11) is 0. The van der Waals surface area contributed by atoms with E-state index >= 15 is 0 Å². The van der Waals surface area contributed by atoms with Gasteiger partial charge in [0, 0.05) is 18.7 Å². The van der Waals surface area contributed by atoms with Crippen LogP contribution in [0.3, 0.4) is 0 Å². The molecule has 6 heteroatoms. The largest absolute Gasteiger partial charge is 0.409 e. The number of urea groups is 1. The van der Waals surface area contributed by atoms with Crippen molar-refractivity contribution < 1.29 is 10.0 Å². The van der Waals surface area contributed by atoms with Crippen LogP contribution in [0.1, 0.15) is 30.9 Å². The highest BCUT2D eigenvalue weighted by molar-refractivity contribution is 5.96. The lowest BCUT2D eigenvalue weighted by Crippen LogP contribution is -2.35. The van der Waals surface area contributed by atoms with Gasteiger partial charge < -0.3 is 21.6 Å². The second-order valence-corrected chi connectivity index (χ2v) is 4.15. The predicted molar refractivity (Wildman–Crippen MR) is 74.1 cm³/mol. The Bertz CT molecular complexity index is 429. The van der Waals surface area contributed by atoms with Gasteiger partial charge in [0.2, 0.25) is 0 Å². The number of nitrogens with two attached hydrogens (primary N) is 1. The fourth-order valence-corrected chi connectivity index (χ4v) is 1.47. The van der Waals surface area contributed by atoms with Crippen molar-refractivity contribution in [2.75, 3.05) is 6.54 Å². The van der Waals surface area contributed by atoms with Crippen molar-refractivity contribution in [3.63, 3.8) is 0 Å². The van der Waals surface area contributed by atoms with Crippen LogP contribution in [-0.4, -0.2) is 23.6 Å². The molecule has 0 fully saturated rings. The molecule has 0 aliphatic rings. The molecule has 1 aromatic carbocycles. The Hall–Kier alpha value is -2.24. The Labute approximate surface area is 112 Å². The second kappa shape index (κ2) is 7.97. The summed E-state index contributed by atoms with van der Waals surface area (Å²) in [6.45, 7) is 3.20. The summed E-state index contributed by atoms with van der Waals surface area (Å²) in [4.78, 5) is 11.4. The van der Waals surface area contributed by atoms with Gasteiger partial charge in [-0.2, -0.15) is 0 Å². The number of hydrogen-bond acceptors (Lipinski definition) is 3. The van der Waals surface area contributed by atoms with E-state index in [1.54, 1.807) is 12.1 Å². The molecule has 0 aliphatic heterocycles. The van der Waals surface area contributed by atoms with E-state index in [2.05, 4.69) is 22.7 Å². The van der Waals surface area contributed by atoms with Crippen LogP contribution >= 0.6 is 0 Å². The number of carbonyl (C=O) groups is 1. The molecule has 6 nitrogen and oxygen atoms in total. The lowest BCUT2D eigenvalue weighted by atomic mass is 10.1. The van der Waals surface area contributed by atoms with E-state index in [1.165, 1.54) is 0 Å². The van der Waals surface area contributed by atoms with Crippen molar-refractivity contribution >= 4 is 11.9 Å². The lowest BCUT2D eigenvalue weighted by molar-refractivity contribution is 0.240. The first-order chi connectivity index (χ1) is 9.17. The Balaban J connectivity index is 2.39. The van der Waals surface area contributed by atoms with Crippen molar-refractivity contribution in [2.24, 2.45) is 10.9 Å². The number of unbranched alkanes of at least 4 members (excludes halogenated alkanes) is 1. The second-order valence-electron chi connectivity index (χ2n) is 4.15. The molecule has 2 amide bonds. The fourth-order valence-electron chi connectivity index (χ4n) is 1.47. The minimum absolute atomic E-state index is 0.0665. The number of rotatable bonds is 6. The molecule has 1 rings (SSSR count). The van der Waals surface area contributed by atoms with Gasteiger partial charge in [-0.25, -0.2) is 4.79 Å². The highest BCUT2D eigenvalue weighted by Crippen LogP contribution is 2.03. The monoisotopic (exact) mass is 264 g/mol. The summed E-state index contributed by atoms with van der Waals surface area (Å²) in [5, 5.41) is 17.0. The Morgan fingerprint density at radius 2 is 2.00 bits per heavy atom. The highest BCUT2D eigenvalue weighted by Gasteiger charge is 2.01. The molecule has 0 spiro atoms. The minimum Gasteiger partial charge on any atom is -0.409 e. The number of nitrogens with zero attached hydrogens (tertiary/aromatic N) is 1. The van der Waals surface area contributed by atoms with Gasteiger partial charge in [-0.3, -0.25) is 0 Å². The first-order valence-corrected chi connectivity index (χ1v) is 6.26. The van der Waals surface area contributed by atoms with E-state index < -0.39 is 0 Å². The van der Waals surface area contributed by atoms with Crippen molar-refractivity contribution in [3.8, 4) is 0 Å². The normalized spacial score (nSPS) is 11.1. The van der Waals surface area contributed by atoms with E-state index in [1.807, 2.05) is 12.1 Å². The Kier molecular flexibility index (Phi) is 6.21. The van der Waals surface area contributed by atoms with Crippen molar-refractivity contribution in [3.05, 3.63) is 35.4 Å². The molecule has 19 heavy (non-hydrogen) atoms. The van der Waals surface area contributed by atoms with Gasteiger partial charge in [0.05, 0.1) is 0 Å². The van der Waals surface area contributed by atoms with Gasteiger partial charge in [-0.1, -0.05) is 42.8 Å². The Morgan fingerprint density at radius 1 is 1.32 bits per heavy atom. The molecular formula is C13H20N4O2. The molecule has 0 aliphatic carbocycles. The summed E-state index contributed by atoms with van der Waals surface area (Å²) in [6.07, 6.45) is 2.03. The summed E-state index contributed by atoms with van der Waals surface area (Å²) < 4.78 is 0. The van der Waals surface area contributed by atoms with Gasteiger partial charge in [0.25, 0.3) is 0 Å². The van der Waals surface area contributed by atoms with Crippen LogP contribution in [0, 0.1) is 0 Å². The molecular weight excluding hydrogens is 244 g/mol. The third-order valence-corrected chi connectivity index (χ3v) is 2.63. The number of benzene rings is 1. The van der Waals surface area contributed by atoms with Crippen LogP contribution in [0.5, 0.6) is 0 Å². The first kappa shape index (κ1) is 14.8. The lowest BCUT2D eigenvalue weighted by Gasteiger charge is -2.07. The maximum Gasteiger partial charge on any atom is 0.315 e. The van der Waals surface area contributed by atoms with E-state index in [4.69, 9.17) is 10.9 Å². The van der Waals surface area contributed by atoms with Crippen LogP contribution in [0.4, 0.5) is 4.79 Å². The predicted octanol–water partition coefficient (Wildman–Crippen LogP) is 1.38. The van der Waals surface area contributed by atoms with Crippen LogP contribution in [-0.2, 0) is 6.54 Å². The molecule has 1 aromatic rings. The summed E-state index contributed by atoms with van der Waals surface area (Å²) in [6, 6.07) is 6.94. The molecule has 0 aromatic heterocycles. The topological polar surface area (TPSA) is 99.7 Å². The van der Waals surface area contributed by atoms with E-state index in [9.17, 15) is 4.79 Å². The molecule has 0 saturated carbocycles. The van der Waals surface area contributed by atoms with Gasteiger partial charge in [-0.05, 0) is 12.0 Å². The zero-order valence-corrected chi connectivity index (χ0v) is 11.0. The SMILES string of the molecule is CCCCNC(=O)NCc1ccc(C(N)=NO)cc1. The maximum absolute atomic E-state index is 11.4. The van der Waals surface area contributed by atoms with Crippen LogP contribution < -0.4 is 16.4 Å². The summed E-state index contributed by atoms with van der Waals surface area (Å²) in [5.41, 5.74) is 7.04. The number of amidine groups is 1. The van der Waals surface area contributed by atoms with Crippen LogP contribution in [0.2, 0.25) is 0 Å². The van der Waals surface area contributed by atoms with Crippen molar-refractivity contribution in [1.29, 1.82) is 0 Å². The number of nitrogens with one attached hydrogen (secondary N) is 2. The highest BCUT2D eigenvalue weighted by atomic mass is 16.4. The Morgan fingerprint density at radius 3 is 2.58 bits per heavy atom. The number of oxime groups is 1. The zero-order valence-electron chi connectivity index (χ0n) is 11.0. The zero-order chi connectivity index (χ0) is 14.1. The minimum atomic E-state index is -0.172. The molecule has 0 bridgehead atoms. The van der Waals surface area contributed by atoms with E-state index in [-0.39, 0.29) is 11.9 Å². The average Bonchev–Trinajstić information content (AvgIpc) is 2.45. The smallest absolute Gasteiger partial charge is 0.315 e. The van der Waals surface area contributed by atoms with Crippen molar-refractivity contribution in [1.82, 2.24) is 10.6 Å².